The Kier molecular flexibility index (Phi) is 5.83. The normalized spacial score (nSPS) is 11.1. The first-order chi connectivity index (χ1) is 8.90. The summed E-state index contributed by atoms with van der Waals surface area (Å²) in [5.41, 5.74) is 1.42. The lowest BCUT2D eigenvalue weighted by Crippen LogP contribution is -2.34. The summed E-state index contributed by atoms with van der Waals surface area (Å²) in [6.07, 6.45) is 0. The summed E-state index contributed by atoms with van der Waals surface area (Å²) >= 11 is 0. The highest BCUT2D eigenvalue weighted by atomic mass is 16.4. The number of carboxylic acid groups (broad SMARTS) is 1. The van der Waals surface area contributed by atoms with E-state index in [9.17, 15) is 4.79 Å². The zero-order valence-electron chi connectivity index (χ0n) is 12.3. The molecule has 0 aromatic heterocycles. The van der Waals surface area contributed by atoms with Crippen molar-refractivity contribution >= 4 is 11.7 Å². The van der Waals surface area contributed by atoms with Gasteiger partial charge in [-0.05, 0) is 44.3 Å². The lowest BCUT2D eigenvalue weighted by Gasteiger charge is -2.28. The smallest absolute Gasteiger partial charge is 0.335 e. The number of hydrogen-bond donors (Lipinski definition) is 1. The fourth-order valence-electron chi connectivity index (χ4n) is 1.90. The molecule has 0 aliphatic carbocycles. The minimum atomic E-state index is -0.879. The molecule has 0 unspecified atom stereocenters. The molecular weight excluding hydrogens is 240 g/mol. The van der Waals surface area contributed by atoms with Crippen molar-refractivity contribution in [2.75, 3.05) is 38.6 Å². The van der Waals surface area contributed by atoms with Gasteiger partial charge in [0.05, 0.1) is 5.56 Å². The predicted octanol–water partition coefficient (Wildman–Crippen LogP) is 2.41. The van der Waals surface area contributed by atoms with Crippen molar-refractivity contribution in [3.8, 4) is 0 Å². The molecule has 0 aliphatic heterocycles. The van der Waals surface area contributed by atoms with Crippen LogP contribution in [0.3, 0.4) is 0 Å². The monoisotopic (exact) mass is 264 g/mol. The molecule has 1 aromatic rings. The first-order valence-electron chi connectivity index (χ1n) is 6.63. The van der Waals surface area contributed by atoms with Gasteiger partial charge in [-0.3, -0.25) is 0 Å². The fraction of sp³-hybridized carbons (Fsp3) is 0.533. The number of carbonyl (C=O) groups is 1. The average molecular weight is 264 g/mol. The van der Waals surface area contributed by atoms with Crippen LogP contribution in [0, 0.1) is 5.92 Å². The van der Waals surface area contributed by atoms with Gasteiger partial charge in [0.1, 0.15) is 0 Å². The summed E-state index contributed by atoms with van der Waals surface area (Å²) in [5.74, 6) is -0.309. The molecule has 1 N–H and O–H groups in total. The van der Waals surface area contributed by atoms with Gasteiger partial charge < -0.3 is 14.9 Å². The van der Waals surface area contributed by atoms with Crippen molar-refractivity contribution in [1.29, 1.82) is 0 Å². The molecule has 4 nitrogen and oxygen atoms in total. The van der Waals surface area contributed by atoms with Gasteiger partial charge in [-0.15, -0.1) is 0 Å². The van der Waals surface area contributed by atoms with Crippen molar-refractivity contribution in [2.45, 2.75) is 13.8 Å². The Balaban J connectivity index is 2.80. The molecule has 0 radical (unpaired) electrons. The Morgan fingerprint density at radius 3 is 2.16 bits per heavy atom. The largest absolute Gasteiger partial charge is 0.478 e. The summed E-state index contributed by atoms with van der Waals surface area (Å²) in [6.45, 7) is 7.27. The van der Waals surface area contributed by atoms with E-state index in [0.717, 1.165) is 25.3 Å². The second-order valence-corrected chi connectivity index (χ2v) is 5.50. The van der Waals surface area contributed by atoms with Gasteiger partial charge in [-0.2, -0.15) is 0 Å². The average Bonchev–Trinajstić information content (AvgIpc) is 2.34. The van der Waals surface area contributed by atoms with E-state index in [2.05, 4.69) is 37.7 Å². The van der Waals surface area contributed by atoms with Crippen LogP contribution in [-0.4, -0.2) is 49.7 Å². The van der Waals surface area contributed by atoms with E-state index in [1.165, 1.54) is 0 Å². The highest BCUT2D eigenvalue weighted by Gasteiger charge is 2.10. The van der Waals surface area contributed by atoms with Gasteiger partial charge in [0.15, 0.2) is 0 Å². The molecule has 0 amide bonds. The zero-order chi connectivity index (χ0) is 14.4. The second-order valence-electron chi connectivity index (χ2n) is 5.50. The quantitative estimate of drug-likeness (QED) is 0.821. The molecule has 0 saturated heterocycles. The summed E-state index contributed by atoms with van der Waals surface area (Å²) in [7, 11) is 4.11. The molecule has 0 aliphatic rings. The predicted molar refractivity (Wildman–Crippen MR) is 79.0 cm³/mol. The SMILES string of the molecule is CC(C)CN(CCN(C)C)c1ccc(C(=O)O)cc1. The maximum Gasteiger partial charge on any atom is 0.335 e. The zero-order valence-corrected chi connectivity index (χ0v) is 12.3. The molecule has 1 aromatic carbocycles. The molecule has 0 atom stereocenters. The van der Waals surface area contributed by atoms with Gasteiger partial charge in [-0.1, -0.05) is 13.8 Å². The number of carboxylic acids is 1. The first-order valence-corrected chi connectivity index (χ1v) is 6.63. The Bertz CT molecular complexity index is 399. The number of anilines is 1. The number of hydrogen-bond acceptors (Lipinski definition) is 3. The highest BCUT2D eigenvalue weighted by molar-refractivity contribution is 5.88. The van der Waals surface area contributed by atoms with E-state index in [1.54, 1.807) is 12.1 Å². The van der Waals surface area contributed by atoms with Crippen LogP contribution in [0.25, 0.3) is 0 Å². The molecule has 0 spiro atoms. The Morgan fingerprint density at radius 1 is 1.16 bits per heavy atom. The van der Waals surface area contributed by atoms with Crippen LogP contribution in [0.2, 0.25) is 0 Å². The molecule has 0 bridgehead atoms. The summed E-state index contributed by atoms with van der Waals surface area (Å²) in [5, 5.41) is 8.92. The van der Waals surface area contributed by atoms with Crippen LogP contribution in [0.1, 0.15) is 24.2 Å². The molecule has 106 valence electrons. The number of nitrogens with zero attached hydrogens (tertiary/aromatic N) is 2. The van der Waals surface area contributed by atoms with E-state index in [1.807, 2.05) is 12.1 Å². The Labute approximate surface area is 115 Å². The van der Waals surface area contributed by atoms with Crippen molar-refractivity contribution in [3.63, 3.8) is 0 Å². The first kappa shape index (κ1) is 15.5. The number of aromatic carboxylic acids is 1. The van der Waals surface area contributed by atoms with Gasteiger partial charge in [-0.25, -0.2) is 4.79 Å². The van der Waals surface area contributed by atoms with E-state index in [0.29, 0.717) is 11.5 Å². The number of rotatable bonds is 7. The lowest BCUT2D eigenvalue weighted by molar-refractivity contribution is 0.0697. The van der Waals surface area contributed by atoms with E-state index >= 15 is 0 Å². The van der Waals surface area contributed by atoms with Crippen LogP contribution in [-0.2, 0) is 0 Å². The fourth-order valence-corrected chi connectivity index (χ4v) is 1.90. The van der Waals surface area contributed by atoms with Crippen LogP contribution in [0.5, 0.6) is 0 Å². The Morgan fingerprint density at radius 2 is 1.74 bits per heavy atom. The minimum absolute atomic E-state index is 0.334. The number of likely N-dealkylation sites (N-methyl/N-ethyl adjacent to an activating group) is 1. The maximum atomic E-state index is 10.9. The maximum absolute atomic E-state index is 10.9. The van der Waals surface area contributed by atoms with Crippen LogP contribution in [0.15, 0.2) is 24.3 Å². The van der Waals surface area contributed by atoms with E-state index < -0.39 is 5.97 Å². The molecular formula is C15H24N2O2. The van der Waals surface area contributed by atoms with Crippen LogP contribution < -0.4 is 4.90 Å². The minimum Gasteiger partial charge on any atom is -0.478 e. The topological polar surface area (TPSA) is 43.8 Å². The third-order valence-corrected chi connectivity index (χ3v) is 2.88. The summed E-state index contributed by atoms with van der Waals surface area (Å²) in [6, 6.07) is 7.12. The van der Waals surface area contributed by atoms with Crippen molar-refractivity contribution in [3.05, 3.63) is 29.8 Å². The van der Waals surface area contributed by atoms with Gasteiger partial charge in [0.25, 0.3) is 0 Å². The number of benzene rings is 1. The molecule has 1 rings (SSSR count). The third kappa shape index (κ3) is 5.30. The summed E-state index contributed by atoms with van der Waals surface area (Å²) in [4.78, 5) is 15.3. The van der Waals surface area contributed by atoms with Crippen LogP contribution in [0.4, 0.5) is 5.69 Å². The summed E-state index contributed by atoms with van der Waals surface area (Å²) < 4.78 is 0. The third-order valence-electron chi connectivity index (χ3n) is 2.88. The molecule has 19 heavy (non-hydrogen) atoms. The molecule has 0 fully saturated rings. The van der Waals surface area contributed by atoms with Gasteiger partial charge in [0.2, 0.25) is 0 Å². The van der Waals surface area contributed by atoms with Crippen LogP contribution >= 0.6 is 0 Å². The lowest BCUT2D eigenvalue weighted by atomic mass is 10.1. The Hall–Kier alpha value is -1.55. The second kappa shape index (κ2) is 7.14. The van der Waals surface area contributed by atoms with Gasteiger partial charge in [0, 0.05) is 25.3 Å². The van der Waals surface area contributed by atoms with Crippen molar-refractivity contribution in [2.24, 2.45) is 5.92 Å². The van der Waals surface area contributed by atoms with E-state index in [-0.39, 0.29) is 0 Å². The molecule has 0 saturated carbocycles. The molecule has 0 heterocycles. The van der Waals surface area contributed by atoms with E-state index in [4.69, 9.17) is 5.11 Å². The van der Waals surface area contributed by atoms with Crippen molar-refractivity contribution < 1.29 is 9.90 Å². The molecule has 4 heteroatoms. The standard InChI is InChI=1S/C15H24N2O2/c1-12(2)11-17(10-9-16(3)4)14-7-5-13(6-8-14)15(18)19/h5-8,12H,9-11H2,1-4H3,(H,18,19). The highest BCUT2D eigenvalue weighted by Crippen LogP contribution is 2.17. The van der Waals surface area contributed by atoms with Gasteiger partial charge >= 0.3 is 5.97 Å². The van der Waals surface area contributed by atoms with Crippen molar-refractivity contribution in [1.82, 2.24) is 4.90 Å².